The van der Waals surface area contributed by atoms with E-state index in [0.717, 1.165) is 33.6 Å². The number of ether oxygens (including phenoxy) is 3. The van der Waals surface area contributed by atoms with Gasteiger partial charge in [-0.1, -0.05) is 142 Å². The molecule has 0 heterocycles. The summed E-state index contributed by atoms with van der Waals surface area (Å²) in [5.74, 6) is 2.00. The highest BCUT2D eigenvalue weighted by Crippen LogP contribution is 2.33. The molecule has 0 saturated carbocycles. The maximum absolute atomic E-state index is 10.7. The van der Waals surface area contributed by atoms with E-state index < -0.39 is 6.10 Å². The minimum atomic E-state index is -0.804. The molecule has 0 aromatic heterocycles. The zero-order chi connectivity index (χ0) is 33.1. The second-order valence-corrected chi connectivity index (χ2v) is 10.0. The normalized spacial score (nSPS) is 10.4. The standard InChI is InChI=1S/C24H24O4.C10H10.C8H8/c1-4-17-5-7-18(8-6-17)16-28-20-11-9-19(10-12-20)24(25)22-14-13-21(26-2)15-23(22)27-3;1-3-9-5-7-10(4-2)8-6-9;1-2-8-6-4-3-5-7-8/h4-15,24-25H,1,16H2,2-3H3;3-8H,1-2H2;2-7H,1H2. The molecule has 46 heavy (non-hydrogen) atoms. The number of hydrogen-bond acceptors (Lipinski definition) is 4. The quantitative estimate of drug-likeness (QED) is 0.162. The fraction of sp³-hybridized carbons (Fsp3) is 0.0952. The average molecular weight is 611 g/mol. The molecule has 0 aliphatic rings. The lowest BCUT2D eigenvalue weighted by Gasteiger charge is -2.16. The molecule has 1 N–H and O–H groups in total. The Bertz CT molecular complexity index is 1630. The third-order valence-corrected chi connectivity index (χ3v) is 7.00. The van der Waals surface area contributed by atoms with Gasteiger partial charge in [-0.2, -0.15) is 0 Å². The number of aliphatic hydroxyl groups excluding tert-OH is 1. The highest BCUT2D eigenvalue weighted by Gasteiger charge is 2.16. The third-order valence-electron chi connectivity index (χ3n) is 7.00. The van der Waals surface area contributed by atoms with Crippen LogP contribution in [0.15, 0.2) is 148 Å². The molecule has 0 amide bonds. The molecule has 0 saturated heterocycles. The Morgan fingerprint density at radius 2 is 1.04 bits per heavy atom. The van der Waals surface area contributed by atoms with Crippen molar-refractivity contribution in [2.24, 2.45) is 0 Å². The fourth-order valence-corrected chi connectivity index (χ4v) is 4.24. The van der Waals surface area contributed by atoms with Crippen LogP contribution in [-0.4, -0.2) is 19.3 Å². The van der Waals surface area contributed by atoms with Crippen LogP contribution in [0.25, 0.3) is 24.3 Å². The molecule has 0 aliphatic carbocycles. The first-order chi connectivity index (χ1) is 22.4. The third kappa shape index (κ3) is 10.8. The molecule has 1 unspecified atom stereocenters. The van der Waals surface area contributed by atoms with E-state index in [4.69, 9.17) is 14.2 Å². The molecule has 0 radical (unpaired) electrons. The van der Waals surface area contributed by atoms with E-state index in [1.165, 1.54) is 5.56 Å². The lowest BCUT2D eigenvalue weighted by molar-refractivity contribution is 0.214. The van der Waals surface area contributed by atoms with Gasteiger partial charge in [-0.3, -0.25) is 0 Å². The molecular weight excluding hydrogens is 568 g/mol. The molecule has 5 aromatic rings. The van der Waals surface area contributed by atoms with Crippen molar-refractivity contribution in [2.75, 3.05) is 14.2 Å². The number of aliphatic hydroxyl groups is 1. The number of hydrogen-bond donors (Lipinski definition) is 1. The van der Waals surface area contributed by atoms with Crippen LogP contribution in [0.5, 0.6) is 17.2 Å². The predicted molar refractivity (Wildman–Crippen MR) is 194 cm³/mol. The molecule has 0 spiro atoms. The largest absolute Gasteiger partial charge is 0.497 e. The monoisotopic (exact) mass is 610 g/mol. The van der Waals surface area contributed by atoms with Gasteiger partial charge in [-0.05, 0) is 57.6 Å². The maximum atomic E-state index is 10.7. The molecule has 1 atom stereocenters. The summed E-state index contributed by atoms with van der Waals surface area (Å²) in [5.41, 5.74) is 7.06. The molecule has 4 heteroatoms. The summed E-state index contributed by atoms with van der Waals surface area (Å²) in [6, 6.07) is 38.9. The lowest BCUT2D eigenvalue weighted by Crippen LogP contribution is -2.03. The van der Waals surface area contributed by atoms with Crippen molar-refractivity contribution in [1.29, 1.82) is 0 Å². The molecule has 0 bridgehead atoms. The number of benzene rings is 5. The van der Waals surface area contributed by atoms with Gasteiger partial charge in [0.1, 0.15) is 30.0 Å². The summed E-state index contributed by atoms with van der Waals surface area (Å²) < 4.78 is 16.4. The van der Waals surface area contributed by atoms with Gasteiger partial charge in [0.05, 0.1) is 14.2 Å². The zero-order valence-electron chi connectivity index (χ0n) is 26.6. The van der Waals surface area contributed by atoms with Crippen molar-refractivity contribution < 1.29 is 19.3 Å². The Balaban J connectivity index is 0.000000259. The smallest absolute Gasteiger partial charge is 0.128 e. The SMILES string of the molecule is C=Cc1ccc(C=C)cc1.C=Cc1ccc(COc2ccc(C(O)c3ccc(OC)cc3OC)cc2)cc1.C=Cc1ccccc1. The maximum Gasteiger partial charge on any atom is 0.128 e. The van der Waals surface area contributed by atoms with Crippen molar-refractivity contribution in [3.05, 3.63) is 187 Å². The van der Waals surface area contributed by atoms with Crippen LogP contribution in [0, 0.1) is 0 Å². The number of methoxy groups -OCH3 is 2. The molecular formula is C42H42O4. The fourth-order valence-electron chi connectivity index (χ4n) is 4.24. The van der Waals surface area contributed by atoms with Crippen LogP contribution in [0.2, 0.25) is 0 Å². The predicted octanol–water partition coefficient (Wildman–Crippen LogP) is 10.3. The van der Waals surface area contributed by atoms with Crippen LogP contribution in [0.3, 0.4) is 0 Å². The second kappa shape index (κ2) is 18.9. The van der Waals surface area contributed by atoms with Crippen molar-refractivity contribution in [3.63, 3.8) is 0 Å². The van der Waals surface area contributed by atoms with Gasteiger partial charge in [0, 0.05) is 11.6 Å². The van der Waals surface area contributed by atoms with Gasteiger partial charge in [-0.15, -0.1) is 0 Å². The molecule has 5 aromatic carbocycles. The zero-order valence-corrected chi connectivity index (χ0v) is 26.6. The van der Waals surface area contributed by atoms with E-state index in [9.17, 15) is 5.11 Å². The minimum absolute atomic E-state index is 0.478. The van der Waals surface area contributed by atoms with Crippen LogP contribution in [0.1, 0.15) is 45.0 Å². The summed E-state index contributed by atoms with van der Waals surface area (Å²) in [7, 11) is 3.17. The van der Waals surface area contributed by atoms with Gasteiger partial charge < -0.3 is 19.3 Å². The number of rotatable bonds is 11. The Morgan fingerprint density at radius 3 is 1.50 bits per heavy atom. The van der Waals surface area contributed by atoms with Crippen LogP contribution < -0.4 is 14.2 Å². The van der Waals surface area contributed by atoms with Crippen molar-refractivity contribution >= 4 is 24.3 Å². The topological polar surface area (TPSA) is 47.9 Å². The van der Waals surface area contributed by atoms with Crippen LogP contribution in [-0.2, 0) is 6.61 Å². The minimum Gasteiger partial charge on any atom is -0.497 e. The second-order valence-electron chi connectivity index (χ2n) is 10.0. The Labute approximate surface area is 273 Å². The van der Waals surface area contributed by atoms with Gasteiger partial charge in [-0.25, -0.2) is 0 Å². The van der Waals surface area contributed by atoms with Crippen molar-refractivity contribution in [2.45, 2.75) is 12.7 Å². The van der Waals surface area contributed by atoms with Crippen LogP contribution >= 0.6 is 0 Å². The molecule has 234 valence electrons. The van der Waals surface area contributed by atoms with Gasteiger partial charge >= 0.3 is 0 Å². The van der Waals surface area contributed by atoms with Gasteiger partial charge in [0.25, 0.3) is 0 Å². The summed E-state index contributed by atoms with van der Waals surface area (Å²) >= 11 is 0. The van der Waals surface area contributed by atoms with E-state index in [2.05, 4.69) is 26.3 Å². The first-order valence-electron chi connectivity index (χ1n) is 14.8. The van der Waals surface area contributed by atoms with Gasteiger partial charge in [0.15, 0.2) is 0 Å². The van der Waals surface area contributed by atoms with Crippen molar-refractivity contribution in [3.8, 4) is 17.2 Å². The van der Waals surface area contributed by atoms with Crippen LogP contribution in [0.4, 0.5) is 0 Å². The Morgan fingerprint density at radius 1 is 0.565 bits per heavy atom. The van der Waals surface area contributed by atoms with E-state index >= 15 is 0 Å². The first kappa shape index (κ1) is 34.9. The highest BCUT2D eigenvalue weighted by molar-refractivity contribution is 5.53. The Kier molecular flexibility index (Phi) is 14.4. The average Bonchev–Trinajstić information content (AvgIpc) is 3.14. The molecule has 5 rings (SSSR count). The molecule has 0 fully saturated rings. The highest BCUT2D eigenvalue weighted by atomic mass is 16.5. The molecule has 4 nitrogen and oxygen atoms in total. The first-order valence-corrected chi connectivity index (χ1v) is 14.8. The van der Waals surface area contributed by atoms with Gasteiger partial charge in [0.2, 0.25) is 0 Å². The summed E-state index contributed by atoms with van der Waals surface area (Å²) in [5, 5.41) is 10.7. The van der Waals surface area contributed by atoms with E-state index in [1.807, 2.05) is 127 Å². The summed E-state index contributed by atoms with van der Waals surface area (Å²) in [4.78, 5) is 0. The molecule has 0 aliphatic heterocycles. The Hall–Kier alpha value is -5.58. The van der Waals surface area contributed by atoms with E-state index in [1.54, 1.807) is 32.4 Å². The van der Waals surface area contributed by atoms with E-state index in [-0.39, 0.29) is 0 Å². The summed E-state index contributed by atoms with van der Waals surface area (Å²) in [6.07, 6.45) is 6.49. The lowest BCUT2D eigenvalue weighted by atomic mass is 10.0. The summed E-state index contributed by atoms with van der Waals surface area (Å²) in [6.45, 7) is 15.2. The van der Waals surface area contributed by atoms with Crippen molar-refractivity contribution in [1.82, 2.24) is 0 Å². The van der Waals surface area contributed by atoms with E-state index in [0.29, 0.717) is 23.7 Å².